The van der Waals surface area contributed by atoms with Crippen molar-refractivity contribution in [3.8, 4) is 0 Å². The van der Waals surface area contributed by atoms with Crippen molar-refractivity contribution in [2.24, 2.45) is 7.05 Å². The topological polar surface area (TPSA) is 56.1 Å². The first kappa shape index (κ1) is 13.4. The van der Waals surface area contributed by atoms with Gasteiger partial charge in [-0.05, 0) is 13.8 Å². The molecule has 0 aliphatic rings. The van der Waals surface area contributed by atoms with Gasteiger partial charge in [0.05, 0.1) is 12.3 Å². The van der Waals surface area contributed by atoms with Crippen molar-refractivity contribution >= 4 is 5.97 Å². The fourth-order valence-corrected chi connectivity index (χ4v) is 1.46. The van der Waals surface area contributed by atoms with Crippen LogP contribution in [0.1, 0.15) is 18.2 Å². The molecule has 0 aliphatic heterocycles. The minimum atomic E-state index is -0.299. The molecule has 1 rings (SSSR count). The molecule has 0 spiro atoms. The fraction of sp³-hybridized carbons (Fsp3) is 0.500. The van der Waals surface area contributed by atoms with E-state index >= 15 is 0 Å². The predicted octanol–water partition coefficient (Wildman–Crippen LogP) is 0.937. The Morgan fingerprint density at radius 1 is 1.65 bits per heavy atom. The molecule has 1 aromatic heterocycles. The van der Waals surface area contributed by atoms with Crippen molar-refractivity contribution in [1.82, 2.24) is 15.1 Å². The Balaban J connectivity index is 2.24. The zero-order chi connectivity index (χ0) is 12.7. The summed E-state index contributed by atoms with van der Waals surface area (Å²) in [4.78, 5) is 11.0. The van der Waals surface area contributed by atoms with E-state index in [0.717, 1.165) is 17.8 Å². The Hall–Kier alpha value is -1.62. The van der Waals surface area contributed by atoms with Gasteiger partial charge < -0.3 is 10.1 Å². The number of ether oxygens (including phenoxy) is 1. The second-order valence-electron chi connectivity index (χ2n) is 3.70. The third-order valence-electron chi connectivity index (χ3n) is 2.23. The van der Waals surface area contributed by atoms with Gasteiger partial charge in [0, 0.05) is 38.0 Å². The Labute approximate surface area is 101 Å². The van der Waals surface area contributed by atoms with Crippen LogP contribution in [0.25, 0.3) is 0 Å². The van der Waals surface area contributed by atoms with Gasteiger partial charge in [0.15, 0.2) is 0 Å². The molecule has 94 valence electrons. The van der Waals surface area contributed by atoms with E-state index in [1.54, 1.807) is 17.7 Å². The van der Waals surface area contributed by atoms with Gasteiger partial charge in [-0.25, -0.2) is 4.79 Å². The van der Waals surface area contributed by atoms with Crippen LogP contribution in [0.2, 0.25) is 0 Å². The van der Waals surface area contributed by atoms with Crippen molar-refractivity contribution in [3.63, 3.8) is 0 Å². The Bertz CT molecular complexity index is 396. The van der Waals surface area contributed by atoms with Crippen LogP contribution in [-0.4, -0.2) is 28.9 Å². The quantitative estimate of drug-likeness (QED) is 0.454. The molecule has 0 unspecified atom stereocenters. The highest BCUT2D eigenvalue weighted by molar-refractivity contribution is 5.81. The summed E-state index contributed by atoms with van der Waals surface area (Å²) in [5, 5.41) is 7.45. The van der Waals surface area contributed by atoms with E-state index in [1.807, 2.05) is 20.2 Å². The SMILES string of the molecule is CCOC(=O)/C=C/CNCc1cn(C)nc1C. The largest absolute Gasteiger partial charge is 0.463 e. The van der Waals surface area contributed by atoms with Crippen LogP contribution >= 0.6 is 0 Å². The second kappa shape index (κ2) is 6.85. The van der Waals surface area contributed by atoms with E-state index in [4.69, 9.17) is 4.74 Å². The number of carbonyl (C=O) groups is 1. The molecule has 0 saturated carbocycles. The summed E-state index contributed by atoms with van der Waals surface area (Å²) in [6.45, 7) is 5.55. The zero-order valence-corrected chi connectivity index (χ0v) is 10.6. The third-order valence-corrected chi connectivity index (χ3v) is 2.23. The number of nitrogens with zero attached hydrogens (tertiary/aromatic N) is 2. The lowest BCUT2D eigenvalue weighted by atomic mass is 10.2. The van der Waals surface area contributed by atoms with Crippen molar-refractivity contribution < 1.29 is 9.53 Å². The number of hydrogen-bond acceptors (Lipinski definition) is 4. The van der Waals surface area contributed by atoms with E-state index in [2.05, 4.69) is 10.4 Å². The van der Waals surface area contributed by atoms with Gasteiger partial charge in [-0.15, -0.1) is 0 Å². The molecular formula is C12H19N3O2. The summed E-state index contributed by atoms with van der Waals surface area (Å²) in [7, 11) is 1.90. The van der Waals surface area contributed by atoms with Gasteiger partial charge in [0.1, 0.15) is 0 Å². The van der Waals surface area contributed by atoms with Gasteiger partial charge >= 0.3 is 5.97 Å². The maximum Gasteiger partial charge on any atom is 0.330 e. The van der Waals surface area contributed by atoms with E-state index in [1.165, 1.54) is 6.08 Å². The van der Waals surface area contributed by atoms with Crippen LogP contribution in [0, 0.1) is 6.92 Å². The predicted molar refractivity (Wildman–Crippen MR) is 65.4 cm³/mol. The van der Waals surface area contributed by atoms with Crippen LogP contribution in [0.5, 0.6) is 0 Å². The number of esters is 1. The summed E-state index contributed by atoms with van der Waals surface area (Å²) < 4.78 is 6.55. The van der Waals surface area contributed by atoms with Crippen LogP contribution in [0.15, 0.2) is 18.3 Å². The number of nitrogens with one attached hydrogen (secondary N) is 1. The van der Waals surface area contributed by atoms with Crippen LogP contribution < -0.4 is 5.32 Å². The van der Waals surface area contributed by atoms with Crippen LogP contribution in [-0.2, 0) is 23.1 Å². The first-order valence-corrected chi connectivity index (χ1v) is 5.66. The van der Waals surface area contributed by atoms with Crippen LogP contribution in [0.4, 0.5) is 0 Å². The fourth-order valence-electron chi connectivity index (χ4n) is 1.46. The summed E-state index contributed by atoms with van der Waals surface area (Å²) >= 11 is 0. The summed E-state index contributed by atoms with van der Waals surface area (Å²) in [5.74, 6) is -0.299. The lowest BCUT2D eigenvalue weighted by Gasteiger charge is -1.99. The Morgan fingerprint density at radius 2 is 2.41 bits per heavy atom. The highest BCUT2D eigenvalue weighted by Crippen LogP contribution is 2.03. The number of aryl methyl sites for hydroxylation is 2. The molecule has 0 amide bonds. The molecule has 1 heterocycles. The second-order valence-corrected chi connectivity index (χ2v) is 3.70. The molecule has 0 aliphatic carbocycles. The molecule has 0 aromatic carbocycles. The molecule has 5 heteroatoms. The molecule has 0 radical (unpaired) electrons. The molecule has 0 saturated heterocycles. The lowest BCUT2D eigenvalue weighted by Crippen LogP contribution is -2.13. The summed E-state index contributed by atoms with van der Waals surface area (Å²) in [5.41, 5.74) is 2.19. The molecular weight excluding hydrogens is 218 g/mol. The van der Waals surface area contributed by atoms with E-state index in [0.29, 0.717) is 13.2 Å². The van der Waals surface area contributed by atoms with E-state index < -0.39 is 0 Å². The van der Waals surface area contributed by atoms with E-state index in [9.17, 15) is 4.79 Å². The molecule has 0 bridgehead atoms. The highest BCUT2D eigenvalue weighted by Gasteiger charge is 2.01. The average molecular weight is 237 g/mol. The number of rotatable bonds is 6. The highest BCUT2D eigenvalue weighted by atomic mass is 16.5. The molecule has 1 aromatic rings. The Morgan fingerprint density at radius 3 is 3.00 bits per heavy atom. The first-order chi connectivity index (χ1) is 8.13. The minimum absolute atomic E-state index is 0.299. The molecule has 5 nitrogen and oxygen atoms in total. The normalized spacial score (nSPS) is 11.0. The van der Waals surface area contributed by atoms with Crippen LogP contribution in [0.3, 0.4) is 0 Å². The maximum atomic E-state index is 11.0. The zero-order valence-electron chi connectivity index (χ0n) is 10.6. The van der Waals surface area contributed by atoms with Crippen molar-refractivity contribution in [2.75, 3.05) is 13.2 Å². The van der Waals surface area contributed by atoms with Gasteiger partial charge in [0.2, 0.25) is 0 Å². The average Bonchev–Trinajstić information content (AvgIpc) is 2.57. The van der Waals surface area contributed by atoms with Gasteiger partial charge in [-0.2, -0.15) is 5.10 Å². The van der Waals surface area contributed by atoms with Gasteiger partial charge in [-0.1, -0.05) is 6.08 Å². The molecule has 17 heavy (non-hydrogen) atoms. The summed E-state index contributed by atoms with van der Waals surface area (Å²) in [6, 6.07) is 0. The Kier molecular flexibility index (Phi) is 5.42. The standard InChI is InChI=1S/C12H19N3O2/c1-4-17-12(16)6-5-7-13-8-11-9-15(3)14-10(11)2/h5-6,9,13H,4,7-8H2,1-3H3/b6-5+. The number of carbonyl (C=O) groups excluding carboxylic acids is 1. The summed E-state index contributed by atoms with van der Waals surface area (Å²) in [6.07, 6.45) is 5.17. The number of hydrogen-bond donors (Lipinski definition) is 1. The van der Waals surface area contributed by atoms with E-state index in [-0.39, 0.29) is 5.97 Å². The number of aromatic nitrogens is 2. The molecule has 1 N–H and O–H groups in total. The monoisotopic (exact) mass is 237 g/mol. The minimum Gasteiger partial charge on any atom is -0.463 e. The third kappa shape index (κ3) is 4.82. The van der Waals surface area contributed by atoms with Crippen molar-refractivity contribution in [2.45, 2.75) is 20.4 Å². The van der Waals surface area contributed by atoms with Crippen molar-refractivity contribution in [1.29, 1.82) is 0 Å². The first-order valence-electron chi connectivity index (χ1n) is 5.66. The van der Waals surface area contributed by atoms with Crippen molar-refractivity contribution in [3.05, 3.63) is 29.6 Å². The van der Waals surface area contributed by atoms with Gasteiger partial charge in [0.25, 0.3) is 0 Å². The molecule has 0 atom stereocenters. The molecule has 0 fully saturated rings. The maximum absolute atomic E-state index is 11.0. The lowest BCUT2D eigenvalue weighted by molar-refractivity contribution is -0.137. The van der Waals surface area contributed by atoms with Gasteiger partial charge in [-0.3, -0.25) is 4.68 Å². The smallest absolute Gasteiger partial charge is 0.330 e.